The average molecular weight is 332 g/mol. The third-order valence-corrected chi connectivity index (χ3v) is 6.97. The highest BCUT2D eigenvalue weighted by atomic mass is 16.3. The van der Waals surface area contributed by atoms with Gasteiger partial charge in [0, 0.05) is 17.5 Å². The Balaban J connectivity index is 1.94. The second kappa shape index (κ2) is 5.43. The van der Waals surface area contributed by atoms with Crippen molar-refractivity contribution in [1.29, 1.82) is 0 Å². The number of phenols is 1. The summed E-state index contributed by atoms with van der Waals surface area (Å²) in [6, 6.07) is 5.50. The Labute approximate surface area is 143 Å². The highest BCUT2D eigenvalue weighted by Gasteiger charge is 2.64. The molecule has 0 radical (unpaired) electrons. The molecule has 1 aromatic rings. The van der Waals surface area contributed by atoms with Crippen LogP contribution in [0.4, 0.5) is 0 Å². The molecular weight excluding hydrogens is 304 g/mol. The number of benzene rings is 1. The standard InChI is InChI=1S/C19H28N2O3/c1-20-15-10-19(24)17-8-12-4-5-13(22)9-14(12)18(19,11-16(15)23)6-3-7-21(17)2/h4-5,9,15-17,20,22-24H,3,6-8,10-11H2,1-2H3/t15-,16+,17+,18+,19+/m0/s1. The van der Waals surface area contributed by atoms with E-state index in [1.165, 1.54) is 5.56 Å². The van der Waals surface area contributed by atoms with Gasteiger partial charge in [0.05, 0.1) is 11.7 Å². The molecule has 1 aromatic carbocycles. The van der Waals surface area contributed by atoms with Gasteiger partial charge in [0.2, 0.25) is 0 Å². The number of aliphatic hydroxyl groups is 2. The maximum absolute atomic E-state index is 12.0. The molecule has 1 saturated carbocycles. The molecule has 1 heterocycles. The first kappa shape index (κ1) is 16.3. The van der Waals surface area contributed by atoms with E-state index in [1.807, 2.05) is 19.2 Å². The lowest BCUT2D eigenvalue weighted by molar-refractivity contribution is -0.152. The fourth-order valence-corrected chi connectivity index (χ4v) is 5.76. The van der Waals surface area contributed by atoms with E-state index >= 15 is 0 Å². The van der Waals surface area contributed by atoms with Gasteiger partial charge in [0.25, 0.3) is 0 Å². The number of aromatic hydroxyl groups is 1. The molecule has 0 amide bonds. The van der Waals surface area contributed by atoms with Crippen LogP contribution in [0.25, 0.3) is 0 Å². The molecule has 2 bridgehead atoms. The highest BCUT2D eigenvalue weighted by molar-refractivity contribution is 5.48. The summed E-state index contributed by atoms with van der Waals surface area (Å²) in [6.45, 7) is 0.953. The normalized spacial score (nSPS) is 42.1. The van der Waals surface area contributed by atoms with Gasteiger partial charge in [-0.3, -0.25) is 0 Å². The van der Waals surface area contributed by atoms with Crippen molar-refractivity contribution in [1.82, 2.24) is 10.2 Å². The molecule has 0 spiro atoms. The van der Waals surface area contributed by atoms with E-state index in [9.17, 15) is 15.3 Å². The topological polar surface area (TPSA) is 76.0 Å². The zero-order valence-corrected chi connectivity index (χ0v) is 14.5. The van der Waals surface area contributed by atoms with E-state index < -0.39 is 17.1 Å². The second-order valence-electron chi connectivity index (χ2n) is 8.02. The molecule has 5 heteroatoms. The van der Waals surface area contributed by atoms with Crippen LogP contribution in [0.15, 0.2) is 18.2 Å². The molecule has 5 atom stereocenters. The largest absolute Gasteiger partial charge is 0.508 e. The summed E-state index contributed by atoms with van der Waals surface area (Å²) in [4.78, 5) is 2.29. The number of hydrogen-bond acceptors (Lipinski definition) is 5. The molecule has 2 aliphatic carbocycles. The monoisotopic (exact) mass is 332 g/mol. The number of phenolic OH excluding ortho intramolecular Hbond substituents is 1. The molecule has 0 unspecified atom stereocenters. The smallest absolute Gasteiger partial charge is 0.115 e. The highest BCUT2D eigenvalue weighted by Crippen LogP contribution is 2.57. The summed E-state index contributed by atoms with van der Waals surface area (Å²) < 4.78 is 0. The van der Waals surface area contributed by atoms with Gasteiger partial charge in [-0.1, -0.05) is 6.07 Å². The van der Waals surface area contributed by atoms with E-state index in [0.29, 0.717) is 12.8 Å². The number of nitrogens with zero attached hydrogens (tertiary/aromatic N) is 1. The van der Waals surface area contributed by atoms with Gasteiger partial charge >= 0.3 is 0 Å². The first-order valence-electron chi connectivity index (χ1n) is 9.01. The van der Waals surface area contributed by atoms with Crippen LogP contribution in [0.1, 0.15) is 36.8 Å². The Kier molecular flexibility index (Phi) is 3.69. The summed E-state index contributed by atoms with van der Waals surface area (Å²) in [5, 5.41) is 36.0. The number of aliphatic hydroxyl groups excluding tert-OH is 1. The molecular formula is C19H28N2O3. The van der Waals surface area contributed by atoms with E-state index in [4.69, 9.17) is 0 Å². The molecule has 24 heavy (non-hydrogen) atoms. The predicted molar refractivity (Wildman–Crippen MR) is 92.2 cm³/mol. The number of hydrogen-bond donors (Lipinski definition) is 4. The Bertz CT molecular complexity index is 651. The average Bonchev–Trinajstić information content (AvgIpc) is 2.60. The minimum absolute atomic E-state index is 0.0420. The minimum atomic E-state index is -0.897. The van der Waals surface area contributed by atoms with Crippen molar-refractivity contribution in [3.8, 4) is 5.75 Å². The maximum atomic E-state index is 12.0. The van der Waals surface area contributed by atoms with Crippen LogP contribution in [-0.4, -0.2) is 64.6 Å². The Morgan fingerprint density at radius 3 is 2.83 bits per heavy atom. The Morgan fingerprint density at radius 2 is 2.08 bits per heavy atom. The summed E-state index contributed by atoms with van der Waals surface area (Å²) >= 11 is 0. The second-order valence-corrected chi connectivity index (χ2v) is 8.02. The van der Waals surface area contributed by atoms with Gasteiger partial charge in [-0.25, -0.2) is 0 Å². The molecule has 132 valence electrons. The molecule has 2 fully saturated rings. The van der Waals surface area contributed by atoms with Crippen LogP contribution < -0.4 is 5.32 Å². The predicted octanol–water partition coefficient (Wildman–Crippen LogP) is 0.754. The molecule has 4 N–H and O–H groups in total. The zero-order valence-electron chi connectivity index (χ0n) is 14.5. The van der Waals surface area contributed by atoms with Crippen LogP contribution >= 0.6 is 0 Å². The zero-order chi connectivity index (χ0) is 17.1. The van der Waals surface area contributed by atoms with Crippen LogP contribution in [0.3, 0.4) is 0 Å². The van der Waals surface area contributed by atoms with E-state index in [0.717, 1.165) is 31.4 Å². The van der Waals surface area contributed by atoms with Crippen molar-refractivity contribution in [2.45, 2.75) is 61.3 Å². The molecule has 3 aliphatic rings. The van der Waals surface area contributed by atoms with Crippen molar-refractivity contribution >= 4 is 0 Å². The number of likely N-dealkylation sites (tertiary alicyclic amines) is 1. The van der Waals surface area contributed by atoms with Crippen LogP contribution in [-0.2, 0) is 11.8 Å². The van der Waals surface area contributed by atoms with Gasteiger partial charge in [-0.05, 0) is 76.0 Å². The molecule has 1 aliphatic heterocycles. The summed E-state index contributed by atoms with van der Waals surface area (Å²) in [7, 11) is 3.95. The third kappa shape index (κ3) is 2.02. The minimum Gasteiger partial charge on any atom is -0.508 e. The first-order chi connectivity index (χ1) is 11.4. The maximum Gasteiger partial charge on any atom is 0.115 e. The van der Waals surface area contributed by atoms with Crippen molar-refractivity contribution < 1.29 is 15.3 Å². The number of fused-ring (bicyclic) bond motifs is 1. The molecule has 4 rings (SSSR count). The van der Waals surface area contributed by atoms with Gasteiger partial charge in [-0.2, -0.15) is 0 Å². The Morgan fingerprint density at radius 1 is 1.29 bits per heavy atom. The molecule has 5 nitrogen and oxygen atoms in total. The van der Waals surface area contributed by atoms with Gasteiger partial charge in [0.15, 0.2) is 0 Å². The van der Waals surface area contributed by atoms with Crippen molar-refractivity contribution in [2.24, 2.45) is 0 Å². The van der Waals surface area contributed by atoms with Crippen LogP contribution in [0, 0.1) is 0 Å². The van der Waals surface area contributed by atoms with Crippen molar-refractivity contribution in [3.63, 3.8) is 0 Å². The molecule has 0 aromatic heterocycles. The third-order valence-electron chi connectivity index (χ3n) is 6.97. The SMILES string of the molecule is CN[C@H]1C[C@@]2(O)[C@H]3Cc4ccc(O)cc4[C@@]2(CCCN3C)C[C@H]1O. The number of rotatable bonds is 1. The first-order valence-corrected chi connectivity index (χ1v) is 9.01. The van der Waals surface area contributed by atoms with Gasteiger partial charge < -0.3 is 25.5 Å². The van der Waals surface area contributed by atoms with Gasteiger partial charge in [-0.15, -0.1) is 0 Å². The summed E-state index contributed by atoms with van der Waals surface area (Å²) in [5.74, 6) is 0.242. The molecule has 1 saturated heterocycles. The fraction of sp³-hybridized carbons (Fsp3) is 0.684. The summed E-state index contributed by atoms with van der Waals surface area (Å²) in [5.41, 5.74) is 0.865. The lowest BCUT2D eigenvalue weighted by Crippen LogP contribution is -2.71. The number of nitrogens with one attached hydrogen (secondary N) is 1. The lowest BCUT2D eigenvalue weighted by Gasteiger charge is -2.60. The fourth-order valence-electron chi connectivity index (χ4n) is 5.76. The lowest BCUT2D eigenvalue weighted by atomic mass is 9.50. The van der Waals surface area contributed by atoms with Crippen molar-refractivity contribution in [3.05, 3.63) is 29.3 Å². The quantitative estimate of drug-likeness (QED) is 0.611. The van der Waals surface area contributed by atoms with E-state index in [1.54, 1.807) is 6.07 Å². The van der Waals surface area contributed by atoms with Crippen LogP contribution in [0.2, 0.25) is 0 Å². The Hall–Kier alpha value is -1.14. The number of likely N-dealkylation sites (N-methyl/N-ethyl adjacent to an activating group) is 2. The van der Waals surface area contributed by atoms with Gasteiger partial charge in [0.1, 0.15) is 5.75 Å². The van der Waals surface area contributed by atoms with E-state index in [2.05, 4.69) is 17.3 Å². The van der Waals surface area contributed by atoms with Crippen molar-refractivity contribution in [2.75, 3.05) is 20.6 Å². The summed E-state index contributed by atoms with van der Waals surface area (Å²) in [6.07, 6.45) is 3.20. The van der Waals surface area contributed by atoms with E-state index in [-0.39, 0.29) is 17.8 Å². The van der Waals surface area contributed by atoms with Crippen LogP contribution in [0.5, 0.6) is 5.75 Å².